The molecule has 2 nitrogen and oxygen atoms in total. The molecule has 0 saturated carbocycles. The molecule has 0 N–H and O–H groups in total. The summed E-state index contributed by atoms with van der Waals surface area (Å²) >= 11 is 7.78. The van der Waals surface area contributed by atoms with Crippen molar-refractivity contribution in [2.45, 2.75) is 51.2 Å². The second-order valence-electron chi connectivity index (χ2n) is 5.84. The zero-order valence-corrected chi connectivity index (χ0v) is 13.2. The highest BCUT2D eigenvalue weighted by molar-refractivity contribution is 7.16. The number of hydrogen-bond donors (Lipinski definition) is 0. The first-order valence-corrected chi connectivity index (χ1v) is 8.68. The monoisotopic (exact) mass is 298 g/mol. The Balaban J connectivity index is 1.68. The fourth-order valence-corrected chi connectivity index (χ4v) is 4.64. The van der Waals surface area contributed by atoms with Crippen LogP contribution in [0.4, 0.5) is 0 Å². The van der Waals surface area contributed by atoms with Gasteiger partial charge >= 0.3 is 0 Å². The Kier molecular flexibility index (Phi) is 4.47. The van der Waals surface area contributed by atoms with Crippen molar-refractivity contribution in [2.24, 2.45) is 0 Å². The summed E-state index contributed by atoms with van der Waals surface area (Å²) < 4.78 is 0.916. The molecule has 2 saturated heterocycles. The molecule has 106 valence electrons. The molecule has 19 heavy (non-hydrogen) atoms. The van der Waals surface area contributed by atoms with Gasteiger partial charge in [-0.25, -0.2) is 0 Å². The fourth-order valence-electron chi connectivity index (χ4n) is 3.53. The van der Waals surface area contributed by atoms with Crippen LogP contribution < -0.4 is 0 Å². The lowest BCUT2D eigenvalue weighted by Gasteiger charge is -2.48. The van der Waals surface area contributed by atoms with Crippen LogP contribution in [0, 0.1) is 0 Å². The van der Waals surface area contributed by atoms with E-state index in [-0.39, 0.29) is 0 Å². The maximum absolute atomic E-state index is 6.05. The van der Waals surface area contributed by atoms with Gasteiger partial charge in [0.15, 0.2) is 0 Å². The van der Waals surface area contributed by atoms with Gasteiger partial charge in [0.1, 0.15) is 0 Å². The third kappa shape index (κ3) is 3.15. The van der Waals surface area contributed by atoms with Crippen LogP contribution in [-0.4, -0.2) is 41.5 Å². The van der Waals surface area contributed by atoms with E-state index in [1.807, 2.05) is 6.07 Å². The van der Waals surface area contributed by atoms with Gasteiger partial charge in [0.05, 0.1) is 4.34 Å². The predicted octanol–water partition coefficient (Wildman–Crippen LogP) is 3.85. The zero-order valence-electron chi connectivity index (χ0n) is 11.6. The minimum atomic E-state index is 0.718. The van der Waals surface area contributed by atoms with E-state index in [2.05, 4.69) is 22.8 Å². The largest absolute Gasteiger partial charge is 0.298 e. The van der Waals surface area contributed by atoms with Gasteiger partial charge in [-0.1, -0.05) is 24.9 Å². The van der Waals surface area contributed by atoms with Crippen LogP contribution in [0.2, 0.25) is 4.34 Å². The number of nitrogens with zero attached hydrogens (tertiary/aromatic N) is 2. The van der Waals surface area contributed by atoms with Gasteiger partial charge in [-0.05, 0) is 37.9 Å². The summed E-state index contributed by atoms with van der Waals surface area (Å²) in [6.07, 6.45) is 5.45. The van der Waals surface area contributed by atoms with E-state index < -0.39 is 0 Å². The van der Waals surface area contributed by atoms with E-state index in [9.17, 15) is 0 Å². The molecule has 2 aliphatic rings. The molecule has 0 bridgehead atoms. The van der Waals surface area contributed by atoms with E-state index in [1.54, 1.807) is 11.3 Å². The standard InChI is InChI=1S/C15H23ClN2S/c1-2-12-9-17-8-4-3-5-13(17)10-18(12)11-14-6-7-15(16)19-14/h6-7,12-13H,2-5,8-11H2,1H3. The van der Waals surface area contributed by atoms with Crippen LogP contribution in [0.15, 0.2) is 12.1 Å². The third-order valence-electron chi connectivity index (χ3n) is 4.62. The Morgan fingerprint density at radius 2 is 2.21 bits per heavy atom. The van der Waals surface area contributed by atoms with Gasteiger partial charge in [-0.3, -0.25) is 9.80 Å². The Hall–Kier alpha value is -0.0900. The first kappa shape index (κ1) is 13.9. The molecule has 0 spiro atoms. The molecule has 3 rings (SSSR count). The molecule has 2 atom stereocenters. The zero-order chi connectivity index (χ0) is 13.2. The van der Waals surface area contributed by atoms with Gasteiger partial charge in [0.25, 0.3) is 0 Å². The van der Waals surface area contributed by atoms with Crippen LogP contribution in [0.1, 0.15) is 37.5 Å². The summed E-state index contributed by atoms with van der Waals surface area (Å²) in [4.78, 5) is 6.83. The summed E-state index contributed by atoms with van der Waals surface area (Å²) in [5, 5.41) is 0. The topological polar surface area (TPSA) is 6.48 Å². The average molecular weight is 299 g/mol. The lowest BCUT2D eigenvalue weighted by Crippen LogP contribution is -2.58. The van der Waals surface area contributed by atoms with Gasteiger partial charge < -0.3 is 0 Å². The maximum atomic E-state index is 6.05. The van der Waals surface area contributed by atoms with Crippen molar-refractivity contribution in [1.82, 2.24) is 9.80 Å². The number of thiophene rings is 1. The average Bonchev–Trinajstić information content (AvgIpc) is 2.83. The van der Waals surface area contributed by atoms with E-state index in [0.717, 1.165) is 23.0 Å². The van der Waals surface area contributed by atoms with Gasteiger partial charge in [-0.15, -0.1) is 11.3 Å². The predicted molar refractivity (Wildman–Crippen MR) is 83.0 cm³/mol. The molecular formula is C15H23ClN2S. The summed E-state index contributed by atoms with van der Waals surface area (Å²) in [5.41, 5.74) is 0. The lowest BCUT2D eigenvalue weighted by molar-refractivity contribution is 0.00376. The third-order valence-corrected chi connectivity index (χ3v) is 5.83. The quantitative estimate of drug-likeness (QED) is 0.836. The molecule has 0 amide bonds. The maximum Gasteiger partial charge on any atom is 0.0931 e. The number of halogens is 1. The second-order valence-corrected chi connectivity index (χ2v) is 7.64. The molecule has 2 unspecified atom stereocenters. The molecule has 0 aromatic carbocycles. The summed E-state index contributed by atoms with van der Waals surface area (Å²) in [6.45, 7) is 7.23. The smallest absolute Gasteiger partial charge is 0.0931 e. The summed E-state index contributed by atoms with van der Waals surface area (Å²) in [7, 11) is 0. The van der Waals surface area contributed by atoms with Gasteiger partial charge in [0.2, 0.25) is 0 Å². The van der Waals surface area contributed by atoms with Crippen molar-refractivity contribution in [3.63, 3.8) is 0 Å². The number of hydrogen-bond acceptors (Lipinski definition) is 3. The van der Waals surface area contributed by atoms with Gasteiger partial charge in [0, 0.05) is 36.6 Å². The minimum Gasteiger partial charge on any atom is -0.298 e. The SMILES string of the molecule is CCC1CN2CCCCC2CN1Cc1ccc(Cl)s1. The van der Waals surface area contributed by atoms with Gasteiger partial charge in [-0.2, -0.15) is 0 Å². The van der Waals surface area contributed by atoms with Crippen molar-refractivity contribution < 1.29 is 0 Å². The van der Waals surface area contributed by atoms with Crippen LogP contribution >= 0.6 is 22.9 Å². The molecule has 1 aromatic heterocycles. The molecule has 4 heteroatoms. The van der Waals surface area contributed by atoms with Crippen LogP contribution in [-0.2, 0) is 6.54 Å². The Morgan fingerprint density at radius 1 is 1.32 bits per heavy atom. The highest BCUT2D eigenvalue weighted by Crippen LogP contribution is 2.29. The van der Waals surface area contributed by atoms with E-state index in [4.69, 9.17) is 11.6 Å². The Labute approximate surface area is 125 Å². The van der Waals surface area contributed by atoms with E-state index in [1.165, 1.54) is 50.2 Å². The minimum absolute atomic E-state index is 0.718. The fraction of sp³-hybridized carbons (Fsp3) is 0.733. The Morgan fingerprint density at radius 3 is 2.95 bits per heavy atom. The Bertz CT molecular complexity index is 420. The first-order chi connectivity index (χ1) is 9.26. The summed E-state index contributed by atoms with van der Waals surface area (Å²) in [6, 6.07) is 5.73. The normalized spacial score (nSPS) is 29.4. The van der Waals surface area contributed by atoms with Crippen LogP contribution in [0.5, 0.6) is 0 Å². The number of rotatable bonds is 3. The van der Waals surface area contributed by atoms with Crippen molar-refractivity contribution in [3.8, 4) is 0 Å². The molecule has 3 heterocycles. The number of piperazine rings is 1. The molecule has 2 fully saturated rings. The number of piperidine rings is 1. The number of fused-ring (bicyclic) bond motifs is 1. The molecule has 0 radical (unpaired) electrons. The van der Waals surface area contributed by atoms with Crippen molar-refractivity contribution in [3.05, 3.63) is 21.3 Å². The molecule has 1 aromatic rings. The molecule has 2 aliphatic heterocycles. The van der Waals surface area contributed by atoms with Crippen molar-refractivity contribution in [2.75, 3.05) is 19.6 Å². The van der Waals surface area contributed by atoms with Crippen LogP contribution in [0.25, 0.3) is 0 Å². The summed E-state index contributed by atoms with van der Waals surface area (Å²) in [5.74, 6) is 0. The molecular weight excluding hydrogens is 276 g/mol. The van der Waals surface area contributed by atoms with E-state index in [0.29, 0.717) is 0 Å². The van der Waals surface area contributed by atoms with E-state index >= 15 is 0 Å². The highest BCUT2D eigenvalue weighted by Gasteiger charge is 2.34. The van der Waals surface area contributed by atoms with Crippen molar-refractivity contribution in [1.29, 1.82) is 0 Å². The lowest BCUT2D eigenvalue weighted by atomic mass is 9.96. The van der Waals surface area contributed by atoms with Crippen LogP contribution in [0.3, 0.4) is 0 Å². The second kappa shape index (κ2) is 6.13. The first-order valence-electron chi connectivity index (χ1n) is 7.48. The van der Waals surface area contributed by atoms with Crippen molar-refractivity contribution >= 4 is 22.9 Å². The molecule has 0 aliphatic carbocycles. The highest BCUT2D eigenvalue weighted by atomic mass is 35.5.